The number of carboxylic acids is 1. The molecule has 1 N–H and O–H groups in total. The molecule has 1 amide bonds. The number of benzene rings is 1. The van der Waals surface area contributed by atoms with E-state index in [-0.39, 0.29) is 17.7 Å². The molecule has 3 aliphatic heterocycles. The van der Waals surface area contributed by atoms with Crippen LogP contribution in [0.4, 0.5) is 18.9 Å². The van der Waals surface area contributed by atoms with Gasteiger partial charge in [0.25, 0.3) is 0 Å². The highest BCUT2D eigenvalue weighted by atomic mass is 19.4. The Hall–Kier alpha value is -2.29. The minimum atomic E-state index is -4.43. The Kier molecular flexibility index (Phi) is 7.21. The van der Waals surface area contributed by atoms with Crippen LogP contribution >= 0.6 is 0 Å². The van der Waals surface area contributed by atoms with Gasteiger partial charge in [0.1, 0.15) is 0 Å². The van der Waals surface area contributed by atoms with E-state index >= 15 is 0 Å². The zero-order valence-corrected chi connectivity index (χ0v) is 20.7. The molecule has 0 bridgehead atoms. The summed E-state index contributed by atoms with van der Waals surface area (Å²) < 4.78 is 40.6. The number of hydrogen-bond acceptors (Lipinski definition) is 4. The van der Waals surface area contributed by atoms with E-state index in [0.29, 0.717) is 44.7 Å². The van der Waals surface area contributed by atoms with E-state index in [1.54, 1.807) is 6.07 Å². The Morgan fingerprint density at radius 3 is 2.17 bits per heavy atom. The number of halogens is 3. The van der Waals surface area contributed by atoms with Crippen LogP contribution in [0.15, 0.2) is 18.2 Å². The number of piperidine rings is 2. The van der Waals surface area contributed by atoms with Crippen LogP contribution in [-0.2, 0) is 15.8 Å². The largest absolute Gasteiger partial charge is 0.481 e. The maximum atomic E-state index is 13.5. The lowest BCUT2D eigenvalue weighted by Gasteiger charge is -2.38. The van der Waals surface area contributed by atoms with E-state index in [2.05, 4.69) is 4.90 Å². The van der Waals surface area contributed by atoms with Gasteiger partial charge in [-0.2, -0.15) is 13.2 Å². The summed E-state index contributed by atoms with van der Waals surface area (Å²) in [4.78, 5) is 30.8. The van der Waals surface area contributed by atoms with Crippen LogP contribution in [0.25, 0.3) is 0 Å². The average molecular weight is 508 g/mol. The van der Waals surface area contributed by atoms with Gasteiger partial charge in [0.2, 0.25) is 5.91 Å². The van der Waals surface area contributed by atoms with Crippen LogP contribution in [0, 0.1) is 17.8 Å². The lowest BCUT2D eigenvalue weighted by Crippen LogP contribution is -2.42. The summed E-state index contributed by atoms with van der Waals surface area (Å²) in [6.45, 7) is 5.09. The van der Waals surface area contributed by atoms with Crippen molar-refractivity contribution >= 4 is 17.6 Å². The second-order valence-electron chi connectivity index (χ2n) is 11.2. The van der Waals surface area contributed by atoms with Crippen molar-refractivity contribution < 1.29 is 27.9 Å². The van der Waals surface area contributed by atoms with E-state index in [0.717, 1.165) is 56.4 Å². The molecule has 1 saturated carbocycles. The first-order valence-electron chi connectivity index (χ1n) is 13.4. The zero-order valence-electron chi connectivity index (χ0n) is 20.7. The molecule has 4 fully saturated rings. The van der Waals surface area contributed by atoms with E-state index in [4.69, 9.17) is 0 Å². The van der Waals surface area contributed by atoms with Gasteiger partial charge in [-0.15, -0.1) is 0 Å². The minimum absolute atomic E-state index is 0.0671. The highest BCUT2D eigenvalue weighted by Crippen LogP contribution is 2.41. The van der Waals surface area contributed by atoms with E-state index < -0.39 is 23.6 Å². The van der Waals surface area contributed by atoms with Gasteiger partial charge in [-0.25, -0.2) is 0 Å². The van der Waals surface area contributed by atoms with Crippen LogP contribution in [0.5, 0.6) is 0 Å². The van der Waals surface area contributed by atoms with E-state index in [1.165, 1.54) is 18.9 Å². The number of likely N-dealkylation sites (tertiary alicyclic amines) is 2. The first-order chi connectivity index (χ1) is 17.2. The number of nitrogens with zero attached hydrogens (tertiary/aromatic N) is 3. The fourth-order valence-corrected chi connectivity index (χ4v) is 6.24. The van der Waals surface area contributed by atoms with Crippen LogP contribution in [0.1, 0.15) is 62.0 Å². The quantitative estimate of drug-likeness (QED) is 0.617. The Bertz CT molecular complexity index is 965. The number of alkyl halides is 3. The Morgan fingerprint density at radius 2 is 1.56 bits per heavy atom. The number of carbonyl (C=O) groups excluding carboxylic acids is 1. The number of carboxylic acid groups (broad SMARTS) is 1. The van der Waals surface area contributed by atoms with Gasteiger partial charge in [-0.3, -0.25) is 9.59 Å². The van der Waals surface area contributed by atoms with Gasteiger partial charge in [-0.1, -0.05) is 6.07 Å². The third-order valence-electron chi connectivity index (χ3n) is 8.62. The molecule has 1 aliphatic carbocycles. The molecule has 1 aromatic carbocycles. The number of amides is 1. The second-order valence-corrected chi connectivity index (χ2v) is 11.2. The highest BCUT2D eigenvalue weighted by molar-refractivity contribution is 5.79. The summed E-state index contributed by atoms with van der Waals surface area (Å²) in [5, 5.41) is 9.31. The molecule has 0 aromatic heterocycles. The number of rotatable bonds is 6. The summed E-state index contributed by atoms with van der Waals surface area (Å²) in [7, 11) is 0. The summed E-state index contributed by atoms with van der Waals surface area (Å²) in [6, 6.07) is 4.00. The smallest absolute Gasteiger partial charge is 0.416 e. The molecule has 9 heteroatoms. The molecule has 0 spiro atoms. The van der Waals surface area contributed by atoms with Gasteiger partial charge in [0.05, 0.1) is 17.4 Å². The summed E-state index contributed by atoms with van der Waals surface area (Å²) in [6.07, 6.45) is 1.42. The highest BCUT2D eigenvalue weighted by Gasteiger charge is 2.37. The van der Waals surface area contributed by atoms with Crippen molar-refractivity contribution in [2.75, 3.05) is 50.7 Å². The molecule has 198 valence electrons. The maximum Gasteiger partial charge on any atom is 0.416 e. The predicted octanol–water partition coefficient (Wildman–Crippen LogP) is 4.44. The molecule has 1 aromatic rings. The lowest BCUT2D eigenvalue weighted by atomic mass is 9.86. The average Bonchev–Trinajstić information content (AvgIpc) is 3.57. The third-order valence-corrected chi connectivity index (χ3v) is 8.62. The molecular formula is C27H36F3N3O3. The van der Waals surface area contributed by atoms with Gasteiger partial charge in [0.15, 0.2) is 0 Å². The minimum Gasteiger partial charge on any atom is -0.481 e. The Balaban J connectivity index is 1.24. The number of hydrogen-bond donors (Lipinski definition) is 1. The molecule has 5 rings (SSSR count). The molecule has 3 saturated heterocycles. The summed E-state index contributed by atoms with van der Waals surface area (Å²) in [5.74, 6) is -0.0806. The third kappa shape index (κ3) is 5.66. The van der Waals surface area contributed by atoms with Crippen LogP contribution in [-0.4, -0.2) is 72.6 Å². The standard InChI is InChI=1S/C27H36F3N3O3/c28-27(29,30)22-3-4-23(24(15-22)32-11-8-20(9-12-32)26(35)36)19-6-13-33(14-7-19)25(34)21-5-10-31(17-21)16-18-1-2-18/h3-4,15,18-21H,1-2,5-14,16-17H2,(H,35,36). The maximum absolute atomic E-state index is 13.5. The molecule has 1 unspecified atom stereocenters. The topological polar surface area (TPSA) is 64.1 Å². The molecule has 6 nitrogen and oxygen atoms in total. The Morgan fingerprint density at radius 1 is 0.889 bits per heavy atom. The van der Waals surface area contributed by atoms with Gasteiger partial charge < -0.3 is 19.8 Å². The van der Waals surface area contributed by atoms with E-state index in [1.807, 2.05) is 9.80 Å². The van der Waals surface area contributed by atoms with E-state index in [9.17, 15) is 27.9 Å². The van der Waals surface area contributed by atoms with Crippen molar-refractivity contribution in [3.63, 3.8) is 0 Å². The molecule has 1 atom stereocenters. The number of carbonyl (C=O) groups is 2. The SMILES string of the molecule is O=C(O)C1CCN(c2cc(C(F)(F)F)ccc2C2CCN(C(=O)C3CCN(CC4CC4)C3)CC2)CC1. The normalized spacial score (nSPS) is 24.9. The van der Waals surface area contributed by atoms with Crippen molar-refractivity contribution in [2.24, 2.45) is 17.8 Å². The monoisotopic (exact) mass is 507 g/mol. The van der Waals surface area contributed by atoms with Crippen LogP contribution in [0.2, 0.25) is 0 Å². The second kappa shape index (κ2) is 10.2. The zero-order chi connectivity index (χ0) is 25.4. The van der Waals surface area contributed by atoms with Gasteiger partial charge in [-0.05, 0) is 81.0 Å². The van der Waals surface area contributed by atoms with Crippen molar-refractivity contribution in [1.82, 2.24) is 9.80 Å². The first kappa shape index (κ1) is 25.4. The van der Waals surface area contributed by atoms with Crippen LogP contribution in [0.3, 0.4) is 0 Å². The summed E-state index contributed by atoms with van der Waals surface area (Å²) >= 11 is 0. The molecule has 0 radical (unpaired) electrons. The molecule has 3 heterocycles. The fourth-order valence-electron chi connectivity index (χ4n) is 6.24. The number of aliphatic carboxylic acids is 1. The van der Waals surface area contributed by atoms with Crippen LogP contribution < -0.4 is 4.90 Å². The summed E-state index contributed by atoms with van der Waals surface area (Å²) in [5.41, 5.74) is 0.788. The lowest BCUT2D eigenvalue weighted by molar-refractivity contribution is -0.142. The predicted molar refractivity (Wildman–Crippen MR) is 130 cm³/mol. The fraction of sp³-hybridized carbons (Fsp3) is 0.704. The van der Waals surface area contributed by atoms with Gasteiger partial charge >= 0.3 is 12.1 Å². The van der Waals surface area contributed by atoms with Crippen molar-refractivity contribution in [2.45, 2.75) is 57.0 Å². The van der Waals surface area contributed by atoms with Crippen molar-refractivity contribution in [1.29, 1.82) is 0 Å². The number of anilines is 1. The molecular weight excluding hydrogens is 471 g/mol. The van der Waals surface area contributed by atoms with Gasteiger partial charge in [0, 0.05) is 45.0 Å². The Labute approximate surface area is 210 Å². The van der Waals surface area contributed by atoms with Crippen molar-refractivity contribution in [3.8, 4) is 0 Å². The molecule has 4 aliphatic rings. The first-order valence-corrected chi connectivity index (χ1v) is 13.4. The van der Waals surface area contributed by atoms with Crippen molar-refractivity contribution in [3.05, 3.63) is 29.3 Å². The molecule has 36 heavy (non-hydrogen) atoms.